The number of amides is 1. The molecular formula is C15H14N4O3S. The van der Waals surface area contributed by atoms with Crippen LogP contribution in [0, 0.1) is 0 Å². The van der Waals surface area contributed by atoms with Gasteiger partial charge >= 0.3 is 0 Å². The second-order valence-corrected chi connectivity index (χ2v) is 5.44. The van der Waals surface area contributed by atoms with Gasteiger partial charge < -0.3 is 14.2 Å². The number of aromatic nitrogens is 3. The van der Waals surface area contributed by atoms with E-state index >= 15 is 0 Å². The maximum absolute atomic E-state index is 11.7. The van der Waals surface area contributed by atoms with Crippen LogP contribution in [0.1, 0.15) is 17.3 Å². The van der Waals surface area contributed by atoms with Crippen molar-refractivity contribution in [2.24, 2.45) is 0 Å². The lowest BCUT2D eigenvalue weighted by Gasteiger charge is -2.00. The van der Waals surface area contributed by atoms with Gasteiger partial charge in [0, 0.05) is 0 Å². The Bertz CT molecular complexity index is 763. The Morgan fingerprint density at radius 2 is 2.13 bits per heavy atom. The van der Waals surface area contributed by atoms with Gasteiger partial charge in [-0.05, 0) is 36.4 Å². The van der Waals surface area contributed by atoms with Gasteiger partial charge in [-0.1, -0.05) is 11.8 Å². The van der Waals surface area contributed by atoms with E-state index in [1.807, 2.05) is 12.1 Å². The van der Waals surface area contributed by atoms with Gasteiger partial charge in [-0.25, -0.2) is 4.98 Å². The first kappa shape index (κ1) is 15.2. The molecule has 3 aromatic heterocycles. The second kappa shape index (κ2) is 7.50. The SMILES string of the molecule is O=C(CSc1n[nH]c(/C=C/c2ccco2)n1)NCc1ccco1. The van der Waals surface area contributed by atoms with E-state index in [1.165, 1.54) is 11.8 Å². The lowest BCUT2D eigenvalue weighted by molar-refractivity contribution is -0.118. The lowest BCUT2D eigenvalue weighted by Crippen LogP contribution is -2.24. The number of H-pyrrole nitrogens is 1. The van der Waals surface area contributed by atoms with Crippen LogP contribution in [-0.4, -0.2) is 26.8 Å². The fraction of sp³-hybridized carbons (Fsp3) is 0.133. The fourth-order valence-electron chi connectivity index (χ4n) is 1.72. The number of carbonyl (C=O) groups is 1. The second-order valence-electron chi connectivity index (χ2n) is 4.50. The first-order valence-corrected chi connectivity index (χ1v) is 7.84. The summed E-state index contributed by atoms with van der Waals surface area (Å²) in [5.41, 5.74) is 0. The zero-order chi connectivity index (χ0) is 15.9. The van der Waals surface area contributed by atoms with Crippen LogP contribution in [0.2, 0.25) is 0 Å². The largest absolute Gasteiger partial charge is 0.467 e. The molecule has 8 heteroatoms. The van der Waals surface area contributed by atoms with Crippen LogP contribution < -0.4 is 5.32 Å². The predicted octanol–water partition coefficient (Wildman–Crippen LogP) is 2.57. The van der Waals surface area contributed by atoms with Crippen LogP contribution in [0.4, 0.5) is 0 Å². The molecule has 0 fully saturated rings. The summed E-state index contributed by atoms with van der Waals surface area (Å²) in [5.74, 6) is 2.17. The van der Waals surface area contributed by atoms with Gasteiger partial charge in [-0.3, -0.25) is 9.89 Å². The minimum atomic E-state index is -0.108. The quantitative estimate of drug-likeness (QED) is 0.646. The molecule has 2 N–H and O–H groups in total. The minimum Gasteiger partial charge on any atom is -0.467 e. The highest BCUT2D eigenvalue weighted by molar-refractivity contribution is 7.99. The molecule has 0 bridgehead atoms. The van der Waals surface area contributed by atoms with E-state index in [4.69, 9.17) is 8.83 Å². The summed E-state index contributed by atoms with van der Waals surface area (Å²) in [5, 5.41) is 10.1. The van der Waals surface area contributed by atoms with Crippen LogP contribution in [0.15, 0.2) is 50.8 Å². The van der Waals surface area contributed by atoms with E-state index in [0.29, 0.717) is 23.3 Å². The zero-order valence-electron chi connectivity index (χ0n) is 12.1. The molecule has 0 atom stereocenters. The zero-order valence-corrected chi connectivity index (χ0v) is 12.9. The van der Waals surface area contributed by atoms with Crippen LogP contribution in [0.3, 0.4) is 0 Å². The van der Waals surface area contributed by atoms with E-state index in [2.05, 4.69) is 20.5 Å². The van der Waals surface area contributed by atoms with Crippen molar-refractivity contribution in [3.63, 3.8) is 0 Å². The van der Waals surface area contributed by atoms with Crippen LogP contribution in [-0.2, 0) is 11.3 Å². The molecule has 0 spiro atoms. The Hall–Kier alpha value is -2.74. The lowest BCUT2D eigenvalue weighted by atomic mass is 10.4. The van der Waals surface area contributed by atoms with E-state index in [9.17, 15) is 4.79 Å². The number of furan rings is 2. The van der Waals surface area contributed by atoms with Gasteiger partial charge in [0.15, 0.2) is 0 Å². The molecular weight excluding hydrogens is 316 g/mol. The van der Waals surface area contributed by atoms with Crippen molar-refractivity contribution in [2.75, 3.05) is 5.75 Å². The van der Waals surface area contributed by atoms with Gasteiger partial charge in [-0.2, -0.15) is 0 Å². The van der Waals surface area contributed by atoms with Gasteiger partial charge in [0.25, 0.3) is 0 Å². The van der Waals surface area contributed by atoms with Crippen molar-refractivity contribution in [3.05, 3.63) is 54.1 Å². The van der Waals surface area contributed by atoms with E-state index in [-0.39, 0.29) is 11.7 Å². The first-order chi connectivity index (χ1) is 11.3. The number of nitrogens with one attached hydrogen (secondary N) is 2. The number of aromatic amines is 1. The molecule has 3 rings (SSSR count). The Kier molecular flexibility index (Phi) is 4.95. The molecule has 3 aromatic rings. The van der Waals surface area contributed by atoms with Crippen molar-refractivity contribution >= 4 is 29.8 Å². The summed E-state index contributed by atoms with van der Waals surface area (Å²) < 4.78 is 10.3. The van der Waals surface area contributed by atoms with E-state index in [1.54, 1.807) is 36.8 Å². The predicted molar refractivity (Wildman–Crippen MR) is 85.3 cm³/mol. The normalized spacial score (nSPS) is 11.1. The molecule has 0 aliphatic rings. The Labute approximate surface area is 136 Å². The van der Waals surface area contributed by atoms with Crippen LogP contribution in [0.25, 0.3) is 12.2 Å². The molecule has 118 valence electrons. The summed E-state index contributed by atoms with van der Waals surface area (Å²) in [7, 11) is 0. The van der Waals surface area contributed by atoms with E-state index in [0.717, 1.165) is 5.76 Å². The fourth-order valence-corrected chi connectivity index (χ4v) is 2.36. The average molecular weight is 330 g/mol. The minimum absolute atomic E-state index is 0.108. The number of thioether (sulfide) groups is 1. The number of hydrogen-bond acceptors (Lipinski definition) is 6. The molecule has 0 saturated heterocycles. The molecule has 0 aliphatic heterocycles. The standard InChI is InChI=1S/C15H14N4O3S/c20-14(16-9-12-4-2-8-22-12)10-23-15-17-13(18-19-15)6-5-11-3-1-7-21-11/h1-8H,9-10H2,(H,16,20)(H,17,18,19)/b6-5+. The van der Waals surface area contributed by atoms with Crippen molar-refractivity contribution in [1.29, 1.82) is 0 Å². The third-order valence-electron chi connectivity index (χ3n) is 2.80. The van der Waals surface area contributed by atoms with Crippen molar-refractivity contribution in [2.45, 2.75) is 11.7 Å². The highest BCUT2D eigenvalue weighted by atomic mass is 32.2. The first-order valence-electron chi connectivity index (χ1n) is 6.85. The monoisotopic (exact) mass is 330 g/mol. The Morgan fingerprint density at radius 3 is 2.91 bits per heavy atom. The summed E-state index contributed by atoms with van der Waals surface area (Å²) in [6.45, 7) is 0.373. The van der Waals surface area contributed by atoms with Crippen LogP contribution in [0.5, 0.6) is 0 Å². The average Bonchev–Trinajstić information content (AvgIpc) is 3.31. The highest BCUT2D eigenvalue weighted by Gasteiger charge is 2.07. The molecule has 0 aliphatic carbocycles. The third kappa shape index (κ3) is 4.62. The van der Waals surface area contributed by atoms with Crippen LogP contribution >= 0.6 is 11.8 Å². The molecule has 0 aromatic carbocycles. The number of nitrogens with zero attached hydrogens (tertiary/aromatic N) is 2. The summed E-state index contributed by atoms with van der Waals surface area (Å²) in [6.07, 6.45) is 6.71. The molecule has 1 amide bonds. The molecule has 23 heavy (non-hydrogen) atoms. The number of hydrogen-bond donors (Lipinski definition) is 2. The van der Waals surface area contributed by atoms with Gasteiger partial charge in [-0.15, -0.1) is 5.10 Å². The number of carbonyl (C=O) groups excluding carboxylic acids is 1. The van der Waals surface area contributed by atoms with E-state index < -0.39 is 0 Å². The smallest absolute Gasteiger partial charge is 0.230 e. The Balaban J connectivity index is 1.44. The van der Waals surface area contributed by atoms with Gasteiger partial charge in [0.1, 0.15) is 17.3 Å². The maximum atomic E-state index is 11.7. The highest BCUT2D eigenvalue weighted by Crippen LogP contribution is 2.13. The van der Waals surface area contributed by atoms with Crippen molar-refractivity contribution < 1.29 is 13.6 Å². The third-order valence-corrected chi connectivity index (χ3v) is 3.65. The van der Waals surface area contributed by atoms with Crippen molar-refractivity contribution in [1.82, 2.24) is 20.5 Å². The van der Waals surface area contributed by atoms with Gasteiger partial charge in [0.05, 0.1) is 24.8 Å². The molecule has 0 saturated carbocycles. The van der Waals surface area contributed by atoms with Gasteiger partial charge in [0.2, 0.25) is 11.1 Å². The molecule has 0 radical (unpaired) electrons. The Morgan fingerprint density at radius 1 is 1.26 bits per heavy atom. The summed E-state index contributed by atoms with van der Waals surface area (Å²) in [6, 6.07) is 7.23. The topological polar surface area (TPSA) is 97.0 Å². The summed E-state index contributed by atoms with van der Waals surface area (Å²) in [4.78, 5) is 16.0. The summed E-state index contributed by atoms with van der Waals surface area (Å²) >= 11 is 1.26. The number of rotatable bonds is 7. The molecule has 7 nitrogen and oxygen atoms in total. The molecule has 3 heterocycles. The van der Waals surface area contributed by atoms with Crippen molar-refractivity contribution in [3.8, 4) is 0 Å². The maximum Gasteiger partial charge on any atom is 0.230 e. The molecule has 0 unspecified atom stereocenters.